The fourth-order valence-corrected chi connectivity index (χ4v) is 4.88. The maximum atomic E-state index is 6.03. The van der Waals surface area contributed by atoms with Crippen LogP contribution in [0.15, 0.2) is 58.3 Å². The minimum absolute atomic E-state index is 0.343. The van der Waals surface area contributed by atoms with E-state index in [4.69, 9.17) is 19.1 Å². The highest BCUT2D eigenvalue weighted by Crippen LogP contribution is 2.31. The molecular formula is C24H25N3O2S. The number of para-hydroxylation sites is 2. The number of hydrogen-bond acceptors (Lipinski definition) is 6. The number of likely N-dealkylation sites (tertiary alicyclic amines) is 1. The molecule has 5 rings (SSSR count). The van der Waals surface area contributed by atoms with Crippen LogP contribution in [0.5, 0.6) is 5.75 Å². The number of nitrogens with zero attached hydrogens (tertiary/aromatic N) is 3. The van der Waals surface area contributed by atoms with Crippen molar-refractivity contribution in [3.05, 3.63) is 65.5 Å². The monoisotopic (exact) mass is 419 g/mol. The smallest absolute Gasteiger partial charge is 0.199 e. The van der Waals surface area contributed by atoms with Gasteiger partial charge in [0.15, 0.2) is 11.5 Å². The van der Waals surface area contributed by atoms with Gasteiger partial charge in [-0.15, -0.1) is 11.3 Å². The average Bonchev–Trinajstić information content (AvgIpc) is 3.42. The zero-order valence-corrected chi connectivity index (χ0v) is 17.9. The quantitative estimate of drug-likeness (QED) is 0.399. The first-order valence-electron chi connectivity index (χ1n) is 10.5. The third-order valence-corrected chi connectivity index (χ3v) is 6.45. The molecule has 0 amide bonds. The van der Waals surface area contributed by atoms with Crippen molar-refractivity contribution in [1.29, 1.82) is 0 Å². The lowest BCUT2D eigenvalue weighted by atomic mass is 9.98. The Balaban J connectivity index is 1.25. The van der Waals surface area contributed by atoms with Gasteiger partial charge in [-0.1, -0.05) is 12.1 Å². The van der Waals surface area contributed by atoms with Gasteiger partial charge < -0.3 is 9.15 Å². The van der Waals surface area contributed by atoms with Crippen molar-refractivity contribution in [2.75, 3.05) is 19.7 Å². The summed E-state index contributed by atoms with van der Waals surface area (Å²) in [6.07, 6.45) is 2.27. The van der Waals surface area contributed by atoms with E-state index < -0.39 is 0 Å². The molecule has 1 aliphatic rings. The topological polar surface area (TPSA) is 51.4 Å². The standard InChI is InChI=1S/C24H25N3O2S/c1-2-28-20-11-9-17(10-12-20)24-25-19(16-30-24)15-27-13-5-6-18(14-27)23-26-21-7-3-4-8-22(21)29-23/h3-4,7-12,16,18H,2,5-6,13-15H2,1H3. The van der Waals surface area contributed by atoms with E-state index in [2.05, 4.69) is 22.4 Å². The number of rotatable bonds is 6. The highest BCUT2D eigenvalue weighted by molar-refractivity contribution is 7.13. The van der Waals surface area contributed by atoms with Crippen LogP contribution in [-0.4, -0.2) is 34.6 Å². The SMILES string of the molecule is CCOc1ccc(-c2nc(CN3CCCC(c4nc5ccccc5o4)C3)cs2)cc1. The molecule has 1 saturated heterocycles. The number of aromatic nitrogens is 2. The summed E-state index contributed by atoms with van der Waals surface area (Å²) in [5.74, 6) is 2.11. The van der Waals surface area contributed by atoms with Crippen molar-refractivity contribution in [2.45, 2.75) is 32.2 Å². The Morgan fingerprint density at radius 3 is 2.83 bits per heavy atom. The predicted octanol–water partition coefficient (Wildman–Crippen LogP) is 5.73. The molecule has 3 heterocycles. The lowest BCUT2D eigenvalue weighted by Gasteiger charge is -2.30. The number of thiazole rings is 1. The van der Waals surface area contributed by atoms with Gasteiger partial charge in [-0.3, -0.25) is 4.90 Å². The molecule has 2 aromatic heterocycles. The van der Waals surface area contributed by atoms with Gasteiger partial charge in [0.2, 0.25) is 0 Å². The molecule has 0 N–H and O–H groups in total. The van der Waals surface area contributed by atoms with Crippen molar-refractivity contribution in [2.24, 2.45) is 0 Å². The molecule has 6 heteroatoms. The van der Waals surface area contributed by atoms with Gasteiger partial charge in [0.25, 0.3) is 0 Å². The molecular weight excluding hydrogens is 394 g/mol. The lowest BCUT2D eigenvalue weighted by molar-refractivity contribution is 0.186. The van der Waals surface area contributed by atoms with Crippen molar-refractivity contribution in [3.8, 4) is 16.3 Å². The highest BCUT2D eigenvalue weighted by atomic mass is 32.1. The van der Waals surface area contributed by atoms with E-state index in [1.54, 1.807) is 11.3 Å². The first kappa shape index (κ1) is 19.3. The lowest BCUT2D eigenvalue weighted by Crippen LogP contribution is -2.34. The van der Waals surface area contributed by atoms with Crippen molar-refractivity contribution in [1.82, 2.24) is 14.9 Å². The van der Waals surface area contributed by atoms with Crippen LogP contribution in [-0.2, 0) is 6.54 Å². The maximum absolute atomic E-state index is 6.03. The second-order valence-corrected chi connectivity index (χ2v) is 8.55. The molecule has 0 aliphatic carbocycles. The first-order chi connectivity index (χ1) is 14.8. The summed E-state index contributed by atoms with van der Waals surface area (Å²) in [5.41, 5.74) is 4.09. The fraction of sp³-hybridized carbons (Fsp3) is 0.333. The molecule has 0 bridgehead atoms. The van der Waals surface area contributed by atoms with Gasteiger partial charge in [-0.25, -0.2) is 9.97 Å². The van der Waals surface area contributed by atoms with Crippen molar-refractivity contribution >= 4 is 22.4 Å². The van der Waals surface area contributed by atoms with Gasteiger partial charge in [0.05, 0.1) is 12.3 Å². The van der Waals surface area contributed by atoms with Crippen LogP contribution in [0.2, 0.25) is 0 Å². The summed E-state index contributed by atoms with van der Waals surface area (Å²) in [6, 6.07) is 16.2. The number of oxazole rings is 1. The second kappa shape index (κ2) is 8.58. The van der Waals surface area contributed by atoms with Crippen LogP contribution in [0.1, 0.15) is 37.3 Å². The third-order valence-electron chi connectivity index (χ3n) is 5.51. The summed E-state index contributed by atoms with van der Waals surface area (Å²) >= 11 is 1.70. The number of benzene rings is 2. The Morgan fingerprint density at radius 1 is 1.13 bits per heavy atom. The van der Waals surface area contributed by atoms with Crippen LogP contribution >= 0.6 is 11.3 Å². The number of hydrogen-bond donors (Lipinski definition) is 0. The largest absolute Gasteiger partial charge is 0.494 e. The van der Waals surface area contributed by atoms with E-state index in [1.807, 2.05) is 43.3 Å². The van der Waals surface area contributed by atoms with Crippen LogP contribution < -0.4 is 4.74 Å². The molecule has 5 nitrogen and oxygen atoms in total. The predicted molar refractivity (Wildman–Crippen MR) is 120 cm³/mol. The van der Waals surface area contributed by atoms with E-state index in [9.17, 15) is 0 Å². The Bertz CT molecular complexity index is 1090. The summed E-state index contributed by atoms with van der Waals surface area (Å²) < 4.78 is 11.6. The van der Waals surface area contributed by atoms with E-state index in [-0.39, 0.29) is 0 Å². The van der Waals surface area contributed by atoms with Gasteiger partial charge in [-0.2, -0.15) is 0 Å². The number of ether oxygens (including phenoxy) is 1. The van der Waals surface area contributed by atoms with Crippen molar-refractivity contribution < 1.29 is 9.15 Å². The Morgan fingerprint density at radius 2 is 2.00 bits per heavy atom. The Labute approximate surface area is 180 Å². The molecule has 1 fully saturated rings. The van der Waals surface area contributed by atoms with Gasteiger partial charge in [0.1, 0.15) is 16.3 Å². The Hall–Kier alpha value is -2.70. The number of fused-ring (bicyclic) bond motifs is 1. The Kier molecular flexibility index (Phi) is 5.51. The molecule has 1 unspecified atom stereocenters. The molecule has 0 saturated carbocycles. The zero-order chi connectivity index (χ0) is 20.3. The normalized spacial score (nSPS) is 17.4. The van der Waals surface area contributed by atoms with Crippen LogP contribution in [0, 0.1) is 0 Å². The second-order valence-electron chi connectivity index (χ2n) is 7.70. The molecule has 1 aliphatic heterocycles. The van der Waals surface area contributed by atoms with Crippen LogP contribution in [0.25, 0.3) is 21.7 Å². The highest BCUT2D eigenvalue weighted by Gasteiger charge is 2.26. The third kappa shape index (κ3) is 4.11. The van der Waals surface area contributed by atoms with Crippen LogP contribution in [0.4, 0.5) is 0 Å². The number of piperidine rings is 1. The zero-order valence-electron chi connectivity index (χ0n) is 17.1. The van der Waals surface area contributed by atoms with E-state index >= 15 is 0 Å². The van der Waals surface area contributed by atoms with E-state index in [1.165, 1.54) is 0 Å². The maximum Gasteiger partial charge on any atom is 0.199 e. The van der Waals surface area contributed by atoms with Gasteiger partial charge >= 0.3 is 0 Å². The summed E-state index contributed by atoms with van der Waals surface area (Å²) in [4.78, 5) is 12.1. The van der Waals surface area contributed by atoms with E-state index in [0.29, 0.717) is 12.5 Å². The molecule has 154 valence electrons. The first-order valence-corrected chi connectivity index (χ1v) is 11.4. The average molecular weight is 420 g/mol. The molecule has 0 radical (unpaired) electrons. The van der Waals surface area contributed by atoms with E-state index in [0.717, 1.165) is 71.5 Å². The molecule has 2 aromatic carbocycles. The minimum atomic E-state index is 0.343. The summed E-state index contributed by atoms with van der Waals surface area (Å²) in [6.45, 7) is 5.59. The minimum Gasteiger partial charge on any atom is -0.494 e. The van der Waals surface area contributed by atoms with Gasteiger partial charge in [-0.05, 0) is 62.7 Å². The summed E-state index contributed by atoms with van der Waals surface area (Å²) in [7, 11) is 0. The molecule has 1 atom stereocenters. The molecule has 4 aromatic rings. The molecule has 30 heavy (non-hydrogen) atoms. The van der Waals surface area contributed by atoms with Crippen molar-refractivity contribution in [3.63, 3.8) is 0 Å². The molecule has 0 spiro atoms. The fourth-order valence-electron chi connectivity index (χ4n) is 4.07. The van der Waals surface area contributed by atoms with Gasteiger partial charge in [0, 0.05) is 30.0 Å². The van der Waals surface area contributed by atoms with Crippen LogP contribution in [0.3, 0.4) is 0 Å². The summed E-state index contributed by atoms with van der Waals surface area (Å²) in [5, 5.41) is 3.23.